The van der Waals surface area contributed by atoms with E-state index in [9.17, 15) is 9.59 Å². The van der Waals surface area contributed by atoms with Gasteiger partial charge in [-0.3, -0.25) is 9.59 Å². The fourth-order valence-electron chi connectivity index (χ4n) is 1.98. The van der Waals surface area contributed by atoms with Crippen LogP contribution >= 0.6 is 0 Å². The van der Waals surface area contributed by atoms with Gasteiger partial charge < -0.3 is 9.84 Å². The zero-order chi connectivity index (χ0) is 14.8. The van der Waals surface area contributed by atoms with E-state index < -0.39 is 5.91 Å². The molecule has 0 aliphatic heterocycles. The Balaban J connectivity index is 1.83. The van der Waals surface area contributed by atoms with Crippen molar-refractivity contribution < 1.29 is 9.32 Å². The lowest BCUT2D eigenvalue weighted by molar-refractivity contribution is -0.117. The molecule has 1 N–H and O–H groups in total. The van der Waals surface area contributed by atoms with Gasteiger partial charge in [0.25, 0.3) is 5.56 Å². The minimum atomic E-state index is -0.395. The summed E-state index contributed by atoms with van der Waals surface area (Å²) in [6.45, 7) is 1.54. The molecule has 0 aliphatic carbocycles. The van der Waals surface area contributed by atoms with Crippen LogP contribution in [0, 0.1) is 6.92 Å². The maximum atomic E-state index is 12.2. The maximum absolute atomic E-state index is 12.2. The Kier molecular flexibility index (Phi) is 3.23. The molecular weight excluding hydrogens is 272 g/mol. The summed E-state index contributed by atoms with van der Waals surface area (Å²) < 4.78 is 5.96. The summed E-state index contributed by atoms with van der Waals surface area (Å²) in [5, 5.41) is 11.5. The lowest BCUT2D eigenvalue weighted by atomic mass is 10.2. The molecule has 0 spiro atoms. The van der Waals surface area contributed by atoms with Crippen molar-refractivity contribution in [2.75, 3.05) is 5.32 Å². The van der Waals surface area contributed by atoms with Gasteiger partial charge in [0.2, 0.25) is 5.91 Å². The van der Waals surface area contributed by atoms with E-state index in [-0.39, 0.29) is 12.1 Å². The number of carbonyl (C=O) groups is 1. The van der Waals surface area contributed by atoms with E-state index in [4.69, 9.17) is 4.52 Å². The van der Waals surface area contributed by atoms with E-state index >= 15 is 0 Å². The van der Waals surface area contributed by atoms with Crippen molar-refractivity contribution >= 4 is 22.5 Å². The van der Waals surface area contributed by atoms with Gasteiger partial charge in [-0.25, -0.2) is 4.68 Å². The van der Waals surface area contributed by atoms with Gasteiger partial charge in [0.05, 0.1) is 11.6 Å². The fourth-order valence-corrected chi connectivity index (χ4v) is 1.98. The SMILES string of the molecule is Cc1cc(NC(=O)Cn2ncc3ccccc3c2=O)no1. The van der Waals surface area contributed by atoms with Crippen LogP contribution in [0.15, 0.2) is 45.8 Å². The molecule has 2 aromatic heterocycles. The number of hydrogen-bond donors (Lipinski definition) is 1. The molecule has 3 rings (SSSR count). The Hall–Kier alpha value is -2.96. The van der Waals surface area contributed by atoms with Crippen LogP contribution in [0.4, 0.5) is 5.82 Å². The summed E-state index contributed by atoms with van der Waals surface area (Å²) in [5.74, 6) is 0.505. The molecule has 7 heteroatoms. The predicted molar refractivity (Wildman–Crippen MR) is 75.9 cm³/mol. The molecule has 1 amide bonds. The number of anilines is 1. The highest BCUT2D eigenvalue weighted by Gasteiger charge is 2.10. The monoisotopic (exact) mass is 284 g/mol. The van der Waals surface area contributed by atoms with Crippen molar-refractivity contribution in [1.29, 1.82) is 0 Å². The second-order valence-corrected chi connectivity index (χ2v) is 4.57. The first-order chi connectivity index (χ1) is 10.1. The molecule has 0 aliphatic rings. The van der Waals surface area contributed by atoms with Gasteiger partial charge in [0, 0.05) is 11.5 Å². The Bertz CT molecular complexity index is 866. The van der Waals surface area contributed by atoms with Crippen LogP contribution in [-0.2, 0) is 11.3 Å². The second kappa shape index (κ2) is 5.20. The average molecular weight is 284 g/mol. The fraction of sp³-hybridized carbons (Fsp3) is 0.143. The molecule has 0 radical (unpaired) electrons. The third-order valence-corrected chi connectivity index (χ3v) is 2.95. The van der Waals surface area contributed by atoms with Crippen LogP contribution in [0.2, 0.25) is 0 Å². The van der Waals surface area contributed by atoms with Crippen LogP contribution < -0.4 is 10.9 Å². The first kappa shape index (κ1) is 13.0. The topological polar surface area (TPSA) is 90.0 Å². The highest BCUT2D eigenvalue weighted by Crippen LogP contribution is 2.08. The van der Waals surface area contributed by atoms with E-state index in [1.165, 1.54) is 0 Å². The molecule has 0 saturated carbocycles. The van der Waals surface area contributed by atoms with Crippen LogP contribution in [-0.4, -0.2) is 20.8 Å². The third kappa shape index (κ3) is 2.66. The van der Waals surface area contributed by atoms with E-state index in [1.54, 1.807) is 37.4 Å². The number of nitrogens with one attached hydrogen (secondary N) is 1. The molecule has 0 saturated heterocycles. The number of benzene rings is 1. The first-order valence-corrected chi connectivity index (χ1v) is 6.31. The molecule has 0 unspecified atom stereocenters. The Labute approximate surface area is 119 Å². The standard InChI is InChI=1S/C14H12N4O3/c1-9-6-12(17-21-9)16-13(19)8-18-14(20)11-5-3-2-4-10(11)7-15-18/h2-7H,8H2,1H3,(H,16,17,19). The zero-order valence-corrected chi connectivity index (χ0v) is 11.2. The Morgan fingerprint density at radius 1 is 1.38 bits per heavy atom. The molecule has 3 aromatic rings. The quantitative estimate of drug-likeness (QED) is 0.783. The zero-order valence-electron chi connectivity index (χ0n) is 11.2. The van der Waals surface area contributed by atoms with Gasteiger partial charge in [0.1, 0.15) is 12.3 Å². The summed E-state index contributed by atoms with van der Waals surface area (Å²) in [6.07, 6.45) is 1.56. The third-order valence-electron chi connectivity index (χ3n) is 2.95. The number of nitrogens with zero attached hydrogens (tertiary/aromatic N) is 3. The number of hydrogen-bond acceptors (Lipinski definition) is 5. The lowest BCUT2D eigenvalue weighted by Gasteiger charge is -2.05. The average Bonchev–Trinajstić information content (AvgIpc) is 2.87. The van der Waals surface area contributed by atoms with Crippen LogP contribution in [0.25, 0.3) is 10.8 Å². The van der Waals surface area contributed by atoms with E-state index in [2.05, 4.69) is 15.6 Å². The summed E-state index contributed by atoms with van der Waals surface area (Å²) in [7, 11) is 0. The van der Waals surface area contributed by atoms with Crippen LogP contribution in [0.5, 0.6) is 0 Å². The van der Waals surface area contributed by atoms with Crippen molar-refractivity contribution in [3.8, 4) is 0 Å². The number of carbonyl (C=O) groups excluding carboxylic acids is 1. The lowest BCUT2D eigenvalue weighted by Crippen LogP contribution is -2.29. The summed E-state index contributed by atoms with van der Waals surface area (Å²) in [5.41, 5.74) is -0.306. The number of amides is 1. The summed E-state index contributed by atoms with van der Waals surface area (Å²) >= 11 is 0. The van der Waals surface area contributed by atoms with Gasteiger partial charge >= 0.3 is 0 Å². The Morgan fingerprint density at radius 3 is 2.95 bits per heavy atom. The van der Waals surface area contributed by atoms with Crippen molar-refractivity contribution in [3.63, 3.8) is 0 Å². The van der Waals surface area contributed by atoms with Crippen LogP contribution in [0.3, 0.4) is 0 Å². The molecule has 106 valence electrons. The molecular formula is C14H12N4O3. The van der Waals surface area contributed by atoms with Gasteiger partial charge in [0.15, 0.2) is 5.82 Å². The first-order valence-electron chi connectivity index (χ1n) is 6.31. The highest BCUT2D eigenvalue weighted by atomic mass is 16.5. The molecule has 1 aromatic carbocycles. The van der Waals surface area contributed by atoms with Crippen molar-refractivity contribution in [2.24, 2.45) is 0 Å². The molecule has 2 heterocycles. The number of aromatic nitrogens is 3. The smallest absolute Gasteiger partial charge is 0.275 e. The van der Waals surface area contributed by atoms with E-state index in [1.807, 2.05) is 6.07 Å². The molecule has 0 bridgehead atoms. The summed E-state index contributed by atoms with van der Waals surface area (Å²) in [4.78, 5) is 24.1. The molecule has 0 atom stereocenters. The van der Waals surface area contributed by atoms with Crippen LogP contribution in [0.1, 0.15) is 5.76 Å². The minimum absolute atomic E-state index is 0.185. The van der Waals surface area contributed by atoms with E-state index in [0.29, 0.717) is 17.0 Å². The predicted octanol–water partition coefficient (Wildman–Crippen LogP) is 1.33. The molecule has 21 heavy (non-hydrogen) atoms. The maximum Gasteiger partial charge on any atom is 0.275 e. The van der Waals surface area contributed by atoms with Crippen molar-refractivity contribution in [1.82, 2.24) is 14.9 Å². The summed E-state index contributed by atoms with van der Waals surface area (Å²) in [6, 6.07) is 8.69. The van der Waals surface area contributed by atoms with Gasteiger partial charge in [-0.2, -0.15) is 5.10 Å². The van der Waals surface area contributed by atoms with Crippen molar-refractivity contribution in [3.05, 3.63) is 52.6 Å². The normalized spacial score (nSPS) is 10.7. The van der Waals surface area contributed by atoms with Gasteiger partial charge in [-0.05, 0) is 13.0 Å². The highest BCUT2D eigenvalue weighted by molar-refractivity contribution is 5.89. The molecule has 0 fully saturated rings. The number of aryl methyl sites for hydroxylation is 1. The van der Waals surface area contributed by atoms with Gasteiger partial charge in [-0.15, -0.1) is 0 Å². The van der Waals surface area contributed by atoms with Gasteiger partial charge in [-0.1, -0.05) is 23.4 Å². The van der Waals surface area contributed by atoms with Crippen molar-refractivity contribution in [2.45, 2.75) is 13.5 Å². The van der Waals surface area contributed by atoms with E-state index in [0.717, 1.165) is 10.1 Å². The largest absolute Gasteiger partial charge is 0.360 e. The Morgan fingerprint density at radius 2 is 2.19 bits per heavy atom. The number of fused-ring (bicyclic) bond motifs is 1. The second-order valence-electron chi connectivity index (χ2n) is 4.57. The molecule has 7 nitrogen and oxygen atoms in total. The minimum Gasteiger partial charge on any atom is -0.360 e. The number of rotatable bonds is 3.